The minimum atomic E-state index is -0.0481. The summed E-state index contributed by atoms with van der Waals surface area (Å²) in [4.78, 5) is 12.2. The number of rotatable bonds is 4. The molecule has 2 saturated carbocycles. The number of anilines is 1. The van der Waals surface area contributed by atoms with E-state index in [9.17, 15) is 4.79 Å². The Morgan fingerprint density at radius 3 is 2.33 bits per heavy atom. The van der Waals surface area contributed by atoms with Crippen LogP contribution in [0.2, 0.25) is 5.02 Å². The topological polar surface area (TPSA) is 55.1 Å². The Kier molecular flexibility index (Phi) is 2.94. The summed E-state index contributed by atoms with van der Waals surface area (Å²) < 4.78 is 0. The minimum Gasteiger partial charge on any atom is -0.399 e. The quantitative estimate of drug-likeness (QED) is 0.822. The highest BCUT2D eigenvalue weighted by molar-refractivity contribution is 6.31. The molecule has 0 atom stereocenters. The van der Waals surface area contributed by atoms with Crippen molar-refractivity contribution in [2.45, 2.75) is 31.7 Å². The van der Waals surface area contributed by atoms with E-state index in [4.69, 9.17) is 17.3 Å². The van der Waals surface area contributed by atoms with Crippen molar-refractivity contribution in [3.05, 3.63) is 28.8 Å². The smallest absolute Gasteiger partial charge is 0.251 e. The highest BCUT2D eigenvalue weighted by atomic mass is 35.5. The van der Waals surface area contributed by atoms with E-state index in [0.29, 0.717) is 34.2 Å². The molecule has 0 radical (unpaired) electrons. The first kappa shape index (κ1) is 11.8. The van der Waals surface area contributed by atoms with Crippen molar-refractivity contribution >= 4 is 23.2 Å². The van der Waals surface area contributed by atoms with Crippen molar-refractivity contribution in [3.8, 4) is 0 Å². The maximum atomic E-state index is 12.2. The first-order valence-corrected chi connectivity index (χ1v) is 6.88. The van der Waals surface area contributed by atoms with Gasteiger partial charge in [-0.3, -0.25) is 4.79 Å². The van der Waals surface area contributed by atoms with Crippen molar-refractivity contribution in [2.24, 2.45) is 11.8 Å². The van der Waals surface area contributed by atoms with Gasteiger partial charge in [0, 0.05) is 22.3 Å². The summed E-state index contributed by atoms with van der Waals surface area (Å²) in [5.74, 6) is 1.34. The number of hydrogen-bond donors (Lipinski definition) is 2. The average molecular weight is 265 g/mol. The second kappa shape index (κ2) is 4.47. The summed E-state index contributed by atoms with van der Waals surface area (Å²) in [6.45, 7) is 0. The van der Waals surface area contributed by atoms with Crippen LogP contribution in [-0.2, 0) is 0 Å². The minimum absolute atomic E-state index is 0.0481. The first-order valence-electron chi connectivity index (χ1n) is 6.50. The Morgan fingerprint density at radius 1 is 1.22 bits per heavy atom. The Balaban J connectivity index is 1.72. The van der Waals surface area contributed by atoms with E-state index in [0.717, 1.165) is 0 Å². The predicted octanol–water partition coefficient (Wildman–Crippen LogP) is 2.84. The average Bonchev–Trinajstić information content (AvgIpc) is 3.14. The third-order valence-corrected chi connectivity index (χ3v) is 3.96. The molecule has 2 fully saturated rings. The van der Waals surface area contributed by atoms with Crippen molar-refractivity contribution in [1.29, 1.82) is 0 Å². The molecule has 0 bridgehead atoms. The molecule has 18 heavy (non-hydrogen) atoms. The zero-order valence-electron chi connectivity index (χ0n) is 10.2. The van der Waals surface area contributed by atoms with Gasteiger partial charge in [0.15, 0.2) is 0 Å². The Morgan fingerprint density at radius 2 is 1.83 bits per heavy atom. The lowest BCUT2D eigenvalue weighted by molar-refractivity contribution is 0.0926. The molecule has 4 heteroatoms. The van der Waals surface area contributed by atoms with Crippen molar-refractivity contribution < 1.29 is 4.79 Å². The second-order valence-corrected chi connectivity index (χ2v) is 5.88. The fourth-order valence-corrected chi connectivity index (χ4v) is 2.75. The van der Waals surface area contributed by atoms with Gasteiger partial charge in [-0.2, -0.15) is 0 Å². The standard InChI is InChI=1S/C14H17ClN2O/c15-11-5-10(6-12(16)7-11)14(18)17-13(8-1-2-8)9-3-4-9/h5-9,13H,1-4,16H2,(H,17,18). The van der Waals surface area contributed by atoms with E-state index >= 15 is 0 Å². The molecule has 0 aromatic heterocycles. The van der Waals surface area contributed by atoms with Gasteiger partial charge in [0.25, 0.3) is 5.91 Å². The van der Waals surface area contributed by atoms with E-state index in [1.54, 1.807) is 18.2 Å². The van der Waals surface area contributed by atoms with Gasteiger partial charge in [0.2, 0.25) is 0 Å². The van der Waals surface area contributed by atoms with E-state index in [-0.39, 0.29) is 5.91 Å². The monoisotopic (exact) mass is 264 g/mol. The summed E-state index contributed by atoms with van der Waals surface area (Å²) in [6.07, 6.45) is 5.00. The van der Waals surface area contributed by atoms with E-state index < -0.39 is 0 Å². The summed E-state index contributed by atoms with van der Waals surface area (Å²) in [6, 6.07) is 5.36. The van der Waals surface area contributed by atoms with Crippen LogP contribution in [0.5, 0.6) is 0 Å². The molecule has 0 aliphatic heterocycles. The van der Waals surface area contributed by atoms with Gasteiger partial charge in [-0.15, -0.1) is 0 Å². The highest BCUT2D eigenvalue weighted by Gasteiger charge is 2.42. The number of benzene rings is 1. The maximum absolute atomic E-state index is 12.2. The lowest BCUT2D eigenvalue weighted by Crippen LogP contribution is -2.38. The van der Waals surface area contributed by atoms with Gasteiger partial charge in [-0.25, -0.2) is 0 Å². The van der Waals surface area contributed by atoms with Gasteiger partial charge in [0.05, 0.1) is 0 Å². The molecule has 2 aliphatic rings. The number of amides is 1. The SMILES string of the molecule is Nc1cc(Cl)cc(C(=O)NC(C2CC2)C2CC2)c1. The summed E-state index contributed by atoms with van der Waals surface area (Å²) in [5.41, 5.74) is 6.80. The van der Waals surface area contributed by atoms with E-state index in [1.165, 1.54) is 25.7 Å². The molecule has 0 heterocycles. The maximum Gasteiger partial charge on any atom is 0.251 e. The van der Waals surface area contributed by atoms with E-state index in [2.05, 4.69) is 5.32 Å². The lowest BCUT2D eigenvalue weighted by atomic mass is 10.1. The van der Waals surface area contributed by atoms with Crippen LogP contribution >= 0.6 is 11.6 Å². The number of hydrogen-bond acceptors (Lipinski definition) is 2. The fraction of sp³-hybridized carbons (Fsp3) is 0.500. The lowest BCUT2D eigenvalue weighted by Gasteiger charge is -2.17. The number of nitrogens with two attached hydrogens (primary N) is 1. The van der Waals surface area contributed by atoms with Crippen LogP contribution in [0.4, 0.5) is 5.69 Å². The van der Waals surface area contributed by atoms with E-state index in [1.807, 2.05) is 0 Å². The van der Waals surface area contributed by atoms with Crippen molar-refractivity contribution in [2.75, 3.05) is 5.73 Å². The molecule has 2 aliphatic carbocycles. The molecule has 0 unspecified atom stereocenters. The van der Waals surface area contributed by atoms with Crippen LogP contribution in [-0.4, -0.2) is 11.9 Å². The normalized spacial score (nSPS) is 19.0. The fourth-order valence-electron chi connectivity index (χ4n) is 2.51. The third-order valence-electron chi connectivity index (χ3n) is 3.74. The molecule has 96 valence electrons. The Hall–Kier alpha value is -1.22. The largest absolute Gasteiger partial charge is 0.399 e. The Bertz CT molecular complexity index is 448. The molecule has 1 amide bonds. The highest BCUT2D eigenvalue weighted by Crippen LogP contribution is 2.44. The number of carbonyl (C=O) groups excluding carboxylic acids is 1. The molecule has 0 saturated heterocycles. The predicted molar refractivity (Wildman–Crippen MR) is 72.6 cm³/mol. The van der Waals surface area contributed by atoms with Crippen LogP contribution in [0, 0.1) is 11.8 Å². The van der Waals surface area contributed by atoms with Gasteiger partial charge in [0.1, 0.15) is 0 Å². The number of halogens is 1. The molecule has 0 spiro atoms. The Labute approximate surface area is 112 Å². The number of nitrogen functional groups attached to an aromatic ring is 1. The second-order valence-electron chi connectivity index (χ2n) is 5.45. The zero-order chi connectivity index (χ0) is 12.7. The molecule has 1 aromatic carbocycles. The van der Waals surface area contributed by atoms with Crippen molar-refractivity contribution in [1.82, 2.24) is 5.32 Å². The van der Waals surface area contributed by atoms with Gasteiger partial charge < -0.3 is 11.1 Å². The van der Waals surface area contributed by atoms with Gasteiger partial charge in [-0.05, 0) is 55.7 Å². The summed E-state index contributed by atoms with van der Waals surface area (Å²) in [7, 11) is 0. The molecule has 3 nitrogen and oxygen atoms in total. The first-order chi connectivity index (χ1) is 8.63. The molecule has 1 aromatic rings. The molecular formula is C14H17ClN2O. The van der Waals surface area contributed by atoms with Crippen LogP contribution in [0.15, 0.2) is 18.2 Å². The van der Waals surface area contributed by atoms with Crippen LogP contribution < -0.4 is 11.1 Å². The van der Waals surface area contributed by atoms with Gasteiger partial charge in [-0.1, -0.05) is 11.6 Å². The number of nitrogens with one attached hydrogen (secondary N) is 1. The summed E-state index contributed by atoms with van der Waals surface area (Å²) >= 11 is 5.92. The van der Waals surface area contributed by atoms with Crippen molar-refractivity contribution in [3.63, 3.8) is 0 Å². The molecule has 3 rings (SSSR count). The summed E-state index contributed by atoms with van der Waals surface area (Å²) in [5, 5.41) is 3.67. The van der Waals surface area contributed by atoms with Crippen LogP contribution in [0.25, 0.3) is 0 Å². The van der Waals surface area contributed by atoms with Gasteiger partial charge >= 0.3 is 0 Å². The number of carbonyl (C=O) groups is 1. The molecular weight excluding hydrogens is 248 g/mol. The van der Waals surface area contributed by atoms with Crippen LogP contribution in [0.1, 0.15) is 36.0 Å². The van der Waals surface area contributed by atoms with Crippen LogP contribution in [0.3, 0.4) is 0 Å². The zero-order valence-corrected chi connectivity index (χ0v) is 10.9. The molecule has 3 N–H and O–H groups in total. The third kappa shape index (κ3) is 2.61.